The summed E-state index contributed by atoms with van der Waals surface area (Å²) in [5.74, 6) is 0.248. The van der Waals surface area contributed by atoms with Crippen molar-refractivity contribution in [3.63, 3.8) is 0 Å². The zero-order chi connectivity index (χ0) is 18.1. The average molecular weight is 341 g/mol. The van der Waals surface area contributed by atoms with E-state index >= 15 is 0 Å². The van der Waals surface area contributed by atoms with Gasteiger partial charge in [0.1, 0.15) is 11.4 Å². The smallest absolute Gasteiger partial charge is 0.270 e. The Morgan fingerprint density at radius 2 is 1.84 bits per heavy atom. The highest BCUT2D eigenvalue weighted by molar-refractivity contribution is 5.98. The van der Waals surface area contributed by atoms with E-state index in [0.717, 1.165) is 24.2 Å². The molecule has 0 radical (unpaired) electrons. The normalized spacial score (nSPS) is 10.2. The van der Waals surface area contributed by atoms with Gasteiger partial charge < -0.3 is 15.4 Å². The number of hydrogen-bond donors (Lipinski definition) is 2. The first kappa shape index (κ1) is 18.4. The lowest BCUT2D eigenvalue weighted by atomic mass is 10.2. The number of carbonyl (C=O) groups is 2. The third kappa shape index (κ3) is 5.60. The molecule has 2 amide bonds. The number of hydrogen-bond acceptors (Lipinski definition) is 4. The zero-order valence-electron chi connectivity index (χ0n) is 14.5. The van der Waals surface area contributed by atoms with Crippen LogP contribution in [0.1, 0.15) is 46.2 Å². The Hall–Kier alpha value is -2.89. The lowest BCUT2D eigenvalue weighted by molar-refractivity contribution is 0.0946. The number of unbranched alkanes of at least 4 members (excludes halogenated alkanes) is 1. The first-order valence-electron chi connectivity index (χ1n) is 8.29. The van der Waals surface area contributed by atoms with Crippen LogP contribution in [0.25, 0.3) is 0 Å². The monoisotopic (exact) mass is 341 g/mol. The van der Waals surface area contributed by atoms with E-state index < -0.39 is 0 Å². The standard InChI is InChI=1S/C19H23N3O3/c1-3-4-10-21-18(23)15-9-11-20-17(12-15)19(24)22-13-14-5-7-16(25-2)8-6-14/h5-9,11-12H,3-4,10,13H2,1-2H3,(H,21,23)(H,22,24). The van der Waals surface area contributed by atoms with Crippen LogP contribution in [0.2, 0.25) is 0 Å². The number of pyridine rings is 1. The molecule has 2 rings (SSSR count). The van der Waals surface area contributed by atoms with Crippen molar-refractivity contribution in [3.05, 3.63) is 59.4 Å². The van der Waals surface area contributed by atoms with Crippen LogP contribution in [0, 0.1) is 0 Å². The van der Waals surface area contributed by atoms with Gasteiger partial charge in [-0.05, 0) is 36.2 Å². The Kier molecular flexibility index (Phi) is 6.95. The average Bonchev–Trinajstić information content (AvgIpc) is 2.66. The number of benzene rings is 1. The third-order valence-corrected chi connectivity index (χ3v) is 3.68. The maximum absolute atomic E-state index is 12.2. The summed E-state index contributed by atoms with van der Waals surface area (Å²) in [6.07, 6.45) is 3.40. The number of aromatic nitrogens is 1. The highest BCUT2D eigenvalue weighted by Crippen LogP contribution is 2.11. The molecule has 1 aromatic heterocycles. The van der Waals surface area contributed by atoms with Crippen LogP contribution in [-0.4, -0.2) is 30.5 Å². The maximum atomic E-state index is 12.2. The fourth-order valence-corrected chi connectivity index (χ4v) is 2.19. The van der Waals surface area contributed by atoms with Gasteiger partial charge in [0.15, 0.2) is 0 Å². The van der Waals surface area contributed by atoms with Crippen LogP contribution >= 0.6 is 0 Å². The van der Waals surface area contributed by atoms with Crippen LogP contribution in [0.5, 0.6) is 5.75 Å². The minimum Gasteiger partial charge on any atom is -0.497 e. The van der Waals surface area contributed by atoms with E-state index in [9.17, 15) is 9.59 Å². The van der Waals surface area contributed by atoms with Gasteiger partial charge in [0.25, 0.3) is 11.8 Å². The molecular weight excluding hydrogens is 318 g/mol. The molecule has 132 valence electrons. The van der Waals surface area contributed by atoms with Crippen molar-refractivity contribution in [2.24, 2.45) is 0 Å². The van der Waals surface area contributed by atoms with Gasteiger partial charge >= 0.3 is 0 Å². The Bertz CT molecular complexity index is 714. The fourth-order valence-electron chi connectivity index (χ4n) is 2.19. The second kappa shape index (κ2) is 9.42. The molecule has 0 unspecified atom stereocenters. The van der Waals surface area contributed by atoms with Gasteiger partial charge in [0.2, 0.25) is 0 Å². The van der Waals surface area contributed by atoms with Gasteiger partial charge in [-0.25, -0.2) is 0 Å². The number of rotatable bonds is 8. The molecule has 0 saturated carbocycles. The zero-order valence-corrected chi connectivity index (χ0v) is 14.5. The lowest BCUT2D eigenvalue weighted by Gasteiger charge is -2.08. The molecular formula is C19H23N3O3. The third-order valence-electron chi connectivity index (χ3n) is 3.68. The Morgan fingerprint density at radius 3 is 2.52 bits per heavy atom. The van der Waals surface area contributed by atoms with E-state index in [1.54, 1.807) is 13.2 Å². The number of methoxy groups -OCH3 is 1. The topological polar surface area (TPSA) is 80.3 Å². The van der Waals surface area contributed by atoms with Crippen molar-refractivity contribution >= 4 is 11.8 Å². The van der Waals surface area contributed by atoms with Crippen molar-refractivity contribution in [2.45, 2.75) is 26.3 Å². The molecule has 1 heterocycles. The van der Waals surface area contributed by atoms with E-state index in [4.69, 9.17) is 4.74 Å². The van der Waals surface area contributed by atoms with Crippen molar-refractivity contribution in [1.29, 1.82) is 0 Å². The van der Waals surface area contributed by atoms with Crippen molar-refractivity contribution in [1.82, 2.24) is 15.6 Å². The molecule has 0 fully saturated rings. The van der Waals surface area contributed by atoms with Gasteiger partial charge in [-0.3, -0.25) is 14.6 Å². The lowest BCUT2D eigenvalue weighted by Crippen LogP contribution is -2.26. The van der Waals surface area contributed by atoms with Crippen LogP contribution < -0.4 is 15.4 Å². The number of ether oxygens (including phenoxy) is 1. The van der Waals surface area contributed by atoms with Crippen LogP contribution in [-0.2, 0) is 6.54 Å². The second-order valence-electron chi connectivity index (χ2n) is 5.57. The first-order chi connectivity index (χ1) is 12.1. The summed E-state index contributed by atoms with van der Waals surface area (Å²) in [6, 6.07) is 10.5. The molecule has 0 aliphatic carbocycles. The van der Waals surface area contributed by atoms with Crippen molar-refractivity contribution in [3.8, 4) is 5.75 Å². The molecule has 2 N–H and O–H groups in total. The molecule has 6 heteroatoms. The van der Waals surface area contributed by atoms with Crippen LogP contribution in [0.4, 0.5) is 0 Å². The Balaban J connectivity index is 1.94. The summed E-state index contributed by atoms with van der Waals surface area (Å²) in [4.78, 5) is 28.3. The van der Waals surface area contributed by atoms with Crippen molar-refractivity contribution in [2.75, 3.05) is 13.7 Å². The predicted octanol–water partition coefficient (Wildman–Crippen LogP) is 2.55. The van der Waals surface area contributed by atoms with E-state index in [2.05, 4.69) is 22.5 Å². The molecule has 25 heavy (non-hydrogen) atoms. The minimum atomic E-state index is -0.320. The highest BCUT2D eigenvalue weighted by atomic mass is 16.5. The largest absolute Gasteiger partial charge is 0.497 e. The first-order valence-corrected chi connectivity index (χ1v) is 8.29. The van der Waals surface area contributed by atoms with Gasteiger partial charge in [-0.15, -0.1) is 0 Å². The molecule has 1 aromatic carbocycles. The number of carbonyl (C=O) groups excluding carboxylic acids is 2. The molecule has 0 spiro atoms. The molecule has 0 saturated heterocycles. The number of amides is 2. The summed E-state index contributed by atoms with van der Waals surface area (Å²) in [6.45, 7) is 3.05. The summed E-state index contributed by atoms with van der Waals surface area (Å²) >= 11 is 0. The Labute approximate surface area is 147 Å². The van der Waals surface area contributed by atoms with Gasteiger partial charge in [-0.2, -0.15) is 0 Å². The summed E-state index contributed by atoms with van der Waals surface area (Å²) in [5.41, 5.74) is 1.60. The van der Waals surface area contributed by atoms with Gasteiger partial charge in [0, 0.05) is 24.8 Å². The second-order valence-corrected chi connectivity index (χ2v) is 5.57. The van der Waals surface area contributed by atoms with E-state index in [1.165, 1.54) is 12.3 Å². The molecule has 0 bridgehead atoms. The quantitative estimate of drug-likeness (QED) is 0.723. The Morgan fingerprint density at radius 1 is 1.08 bits per heavy atom. The molecule has 2 aromatic rings. The maximum Gasteiger partial charge on any atom is 0.270 e. The van der Waals surface area contributed by atoms with Gasteiger partial charge in [-0.1, -0.05) is 25.5 Å². The predicted molar refractivity (Wildman–Crippen MR) is 95.6 cm³/mol. The van der Waals surface area contributed by atoms with E-state index in [1.807, 2.05) is 24.3 Å². The summed E-state index contributed by atoms with van der Waals surface area (Å²) < 4.78 is 5.10. The van der Waals surface area contributed by atoms with Crippen LogP contribution in [0.3, 0.4) is 0 Å². The highest BCUT2D eigenvalue weighted by Gasteiger charge is 2.11. The number of nitrogens with one attached hydrogen (secondary N) is 2. The van der Waals surface area contributed by atoms with Crippen LogP contribution in [0.15, 0.2) is 42.6 Å². The molecule has 0 atom stereocenters. The summed E-state index contributed by atoms with van der Waals surface area (Å²) in [5, 5.41) is 5.62. The van der Waals surface area contributed by atoms with Crippen molar-refractivity contribution < 1.29 is 14.3 Å². The summed E-state index contributed by atoms with van der Waals surface area (Å²) in [7, 11) is 1.61. The molecule has 0 aliphatic heterocycles. The fraction of sp³-hybridized carbons (Fsp3) is 0.316. The molecule has 6 nitrogen and oxygen atoms in total. The minimum absolute atomic E-state index is 0.194. The number of nitrogens with zero attached hydrogens (tertiary/aromatic N) is 1. The van der Waals surface area contributed by atoms with E-state index in [-0.39, 0.29) is 17.5 Å². The SMILES string of the molecule is CCCCNC(=O)c1ccnc(C(=O)NCc2ccc(OC)cc2)c1. The molecule has 0 aliphatic rings. The van der Waals surface area contributed by atoms with Gasteiger partial charge in [0.05, 0.1) is 7.11 Å². The van der Waals surface area contributed by atoms with E-state index in [0.29, 0.717) is 18.7 Å².